The van der Waals surface area contributed by atoms with Gasteiger partial charge in [0.1, 0.15) is 5.75 Å². The van der Waals surface area contributed by atoms with Crippen LogP contribution in [0.2, 0.25) is 5.02 Å². The average Bonchev–Trinajstić information content (AvgIpc) is 2.66. The van der Waals surface area contributed by atoms with E-state index in [1.54, 1.807) is 24.3 Å². The lowest BCUT2D eigenvalue weighted by molar-refractivity contribution is -0.123. The molecule has 1 fully saturated rings. The highest BCUT2D eigenvalue weighted by atomic mass is 35.5. The quantitative estimate of drug-likeness (QED) is 0.918. The van der Waals surface area contributed by atoms with Gasteiger partial charge < -0.3 is 10.1 Å². The Kier molecular flexibility index (Phi) is 4.35. The molecule has 1 aliphatic carbocycles. The Bertz CT molecular complexity index is 459. The molecule has 1 aromatic rings. The van der Waals surface area contributed by atoms with Crippen LogP contribution in [0.15, 0.2) is 24.3 Å². The Morgan fingerprint density at radius 3 is 2.95 bits per heavy atom. The first-order valence-corrected chi connectivity index (χ1v) is 7.00. The monoisotopic (exact) mass is 281 g/mol. The van der Waals surface area contributed by atoms with E-state index >= 15 is 0 Å². The lowest BCUT2D eigenvalue weighted by Gasteiger charge is -2.18. The Labute approximate surface area is 119 Å². The lowest BCUT2D eigenvalue weighted by atomic mass is 9.92. The first kappa shape index (κ1) is 14.2. The number of nitrogens with one attached hydrogen (secondary N) is 1. The highest BCUT2D eigenvalue weighted by molar-refractivity contribution is 6.30. The average molecular weight is 282 g/mol. The predicted molar refractivity (Wildman–Crippen MR) is 76.5 cm³/mol. The minimum absolute atomic E-state index is 0.0390. The fourth-order valence-corrected chi connectivity index (χ4v) is 2.71. The van der Waals surface area contributed by atoms with E-state index in [9.17, 15) is 4.79 Å². The summed E-state index contributed by atoms with van der Waals surface area (Å²) in [5, 5.41) is 3.63. The number of benzene rings is 1. The number of carbonyl (C=O) groups is 1. The van der Waals surface area contributed by atoms with Gasteiger partial charge in [0.05, 0.1) is 0 Å². The second-order valence-electron chi connectivity index (χ2n) is 5.92. The van der Waals surface area contributed by atoms with Crippen LogP contribution in [-0.4, -0.2) is 18.6 Å². The summed E-state index contributed by atoms with van der Waals surface area (Å²) in [6, 6.07) is 7.35. The summed E-state index contributed by atoms with van der Waals surface area (Å²) >= 11 is 5.85. The van der Waals surface area contributed by atoms with Gasteiger partial charge in [-0.2, -0.15) is 0 Å². The first-order valence-electron chi connectivity index (χ1n) is 6.62. The van der Waals surface area contributed by atoms with Crippen molar-refractivity contribution in [1.29, 1.82) is 0 Å². The maximum absolute atomic E-state index is 11.8. The van der Waals surface area contributed by atoms with Crippen molar-refractivity contribution in [3.05, 3.63) is 29.3 Å². The molecule has 1 unspecified atom stereocenters. The highest BCUT2D eigenvalue weighted by Crippen LogP contribution is 2.36. The van der Waals surface area contributed by atoms with Gasteiger partial charge in [0.25, 0.3) is 5.91 Å². The number of ether oxygens (including phenoxy) is 1. The van der Waals surface area contributed by atoms with Crippen LogP contribution in [0.1, 0.15) is 33.1 Å². The number of rotatable bonds is 4. The molecule has 4 heteroatoms. The molecule has 0 saturated heterocycles. The van der Waals surface area contributed by atoms with Gasteiger partial charge in [0.2, 0.25) is 0 Å². The summed E-state index contributed by atoms with van der Waals surface area (Å²) in [6.07, 6.45) is 3.25. The molecular formula is C15H20ClNO2. The topological polar surface area (TPSA) is 38.3 Å². The third-order valence-electron chi connectivity index (χ3n) is 3.50. The van der Waals surface area contributed by atoms with Gasteiger partial charge >= 0.3 is 0 Å². The molecule has 0 aromatic heterocycles. The van der Waals surface area contributed by atoms with Crippen molar-refractivity contribution in [2.75, 3.05) is 6.61 Å². The van der Waals surface area contributed by atoms with Crippen LogP contribution in [0.4, 0.5) is 0 Å². The maximum Gasteiger partial charge on any atom is 0.258 e. The fourth-order valence-electron chi connectivity index (χ4n) is 2.53. The van der Waals surface area contributed by atoms with Crippen LogP contribution in [0.5, 0.6) is 5.75 Å². The van der Waals surface area contributed by atoms with Crippen LogP contribution < -0.4 is 10.1 Å². The Hall–Kier alpha value is -1.22. The fraction of sp³-hybridized carbons (Fsp3) is 0.533. The molecule has 0 spiro atoms. The van der Waals surface area contributed by atoms with Gasteiger partial charge in [-0.05, 0) is 42.9 Å². The van der Waals surface area contributed by atoms with Crippen LogP contribution in [0.25, 0.3) is 0 Å². The van der Waals surface area contributed by atoms with Crippen molar-refractivity contribution < 1.29 is 9.53 Å². The first-order chi connectivity index (χ1) is 8.94. The number of hydrogen-bond acceptors (Lipinski definition) is 2. The zero-order chi connectivity index (χ0) is 13.9. The van der Waals surface area contributed by atoms with E-state index < -0.39 is 0 Å². The molecular weight excluding hydrogens is 262 g/mol. The standard InChI is InChI=1S/C15H20ClNO2/c1-15(2)7-6-12(9-15)17-14(18)10-19-13-5-3-4-11(16)8-13/h3-5,8,12H,6-7,9-10H2,1-2H3,(H,17,18). The van der Waals surface area contributed by atoms with Gasteiger partial charge in [-0.15, -0.1) is 0 Å². The Morgan fingerprint density at radius 2 is 2.32 bits per heavy atom. The molecule has 0 bridgehead atoms. The summed E-state index contributed by atoms with van der Waals surface area (Å²) in [5.41, 5.74) is 0.339. The summed E-state index contributed by atoms with van der Waals surface area (Å²) in [4.78, 5) is 11.8. The van der Waals surface area contributed by atoms with E-state index in [0.29, 0.717) is 16.2 Å². The molecule has 1 atom stereocenters. The van der Waals surface area contributed by atoms with Gasteiger partial charge in [0.15, 0.2) is 6.61 Å². The van der Waals surface area contributed by atoms with E-state index in [1.165, 1.54) is 0 Å². The van der Waals surface area contributed by atoms with Gasteiger partial charge in [-0.25, -0.2) is 0 Å². The van der Waals surface area contributed by atoms with E-state index in [0.717, 1.165) is 19.3 Å². The van der Waals surface area contributed by atoms with Crippen molar-refractivity contribution in [3.8, 4) is 5.75 Å². The third kappa shape index (κ3) is 4.43. The second-order valence-corrected chi connectivity index (χ2v) is 6.35. The Balaban J connectivity index is 1.76. The zero-order valence-electron chi connectivity index (χ0n) is 11.4. The summed E-state index contributed by atoms with van der Waals surface area (Å²) in [5.74, 6) is 0.553. The molecule has 1 N–H and O–H groups in total. The molecule has 0 radical (unpaired) electrons. The predicted octanol–water partition coefficient (Wildman–Crippen LogP) is 3.41. The van der Waals surface area contributed by atoms with E-state index in [2.05, 4.69) is 19.2 Å². The van der Waals surface area contributed by atoms with Gasteiger partial charge in [-0.1, -0.05) is 31.5 Å². The molecule has 0 aliphatic heterocycles. The molecule has 2 rings (SSSR count). The SMILES string of the molecule is CC1(C)CCC(NC(=O)COc2cccc(Cl)c2)C1. The summed E-state index contributed by atoms with van der Waals surface area (Å²) in [6.45, 7) is 4.51. The molecule has 1 aliphatic rings. The molecule has 1 saturated carbocycles. The molecule has 104 valence electrons. The number of halogens is 1. The number of amides is 1. The highest BCUT2D eigenvalue weighted by Gasteiger charge is 2.31. The maximum atomic E-state index is 11.8. The van der Waals surface area contributed by atoms with Crippen LogP contribution in [-0.2, 0) is 4.79 Å². The normalized spacial score (nSPS) is 21.1. The van der Waals surface area contributed by atoms with E-state index in [4.69, 9.17) is 16.3 Å². The van der Waals surface area contributed by atoms with Crippen molar-refractivity contribution in [2.24, 2.45) is 5.41 Å². The van der Waals surface area contributed by atoms with E-state index in [-0.39, 0.29) is 18.6 Å². The van der Waals surface area contributed by atoms with Crippen LogP contribution >= 0.6 is 11.6 Å². The summed E-state index contributed by atoms with van der Waals surface area (Å²) < 4.78 is 5.41. The third-order valence-corrected chi connectivity index (χ3v) is 3.73. The van der Waals surface area contributed by atoms with Gasteiger partial charge in [-0.3, -0.25) is 4.79 Å². The van der Waals surface area contributed by atoms with Gasteiger partial charge in [0, 0.05) is 11.1 Å². The molecule has 19 heavy (non-hydrogen) atoms. The van der Waals surface area contributed by atoms with Crippen molar-refractivity contribution in [2.45, 2.75) is 39.2 Å². The number of hydrogen-bond donors (Lipinski definition) is 1. The largest absolute Gasteiger partial charge is 0.484 e. The summed E-state index contributed by atoms with van der Waals surface area (Å²) in [7, 11) is 0. The zero-order valence-corrected chi connectivity index (χ0v) is 12.2. The Morgan fingerprint density at radius 1 is 1.53 bits per heavy atom. The lowest BCUT2D eigenvalue weighted by Crippen LogP contribution is -2.36. The van der Waals surface area contributed by atoms with Crippen molar-refractivity contribution >= 4 is 17.5 Å². The van der Waals surface area contributed by atoms with E-state index in [1.807, 2.05) is 0 Å². The molecule has 1 amide bonds. The molecule has 1 aromatic carbocycles. The van der Waals surface area contributed by atoms with Crippen molar-refractivity contribution in [1.82, 2.24) is 5.32 Å². The van der Waals surface area contributed by atoms with Crippen LogP contribution in [0, 0.1) is 5.41 Å². The van der Waals surface area contributed by atoms with Crippen LogP contribution in [0.3, 0.4) is 0 Å². The molecule has 3 nitrogen and oxygen atoms in total. The van der Waals surface area contributed by atoms with Crippen molar-refractivity contribution in [3.63, 3.8) is 0 Å². The molecule has 0 heterocycles. The number of carbonyl (C=O) groups excluding carboxylic acids is 1. The minimum atomic E-state index is -0.0670. The minimum Gasteiger partial charge on any atom is -0.484 e. The second kappa shape index (κ2) is 5.83. The smallest absolute Gasteiger partial charge is 0.258 e.